The number of guanidine groups is 1. The summed E-state index contributed by atoms with van der Waals surface area (Å²) in [6.07, 6.45) is 7.76. The summed E-state index contributed by atoms with van der Waals surface area (Å²) in [6, 6.07) is 5.89. The first-order valence-corrected chi connectivity index (χ1v) is 7.68. The Morgan fingerprint density at radius 1 is 1.14 bits per heavy atom. The van der Waals surface area contributed by atoms with E-state index in [-0.39, 0.29) is 0 Å². The highest BCUT2D eigenvalue weighted by atomic mass is 15.3. The maximum atomic E-state index is 6.10. The van der Waals surface area contributed by atoms with Gasteiger partial charge in [-0.25, -0.2) is 0 Å². The van der Waals surface area contributed by atoms with Crippen LogP contribution in [-0.2, 0) is 6.42 Å². The first kappa shape index (κ1) is 13.9. The molecule has 3 heterocycles. The number of aromatic nitrogens is 3. The Balaban J connectivity index is 1.60. The highest BCUT2D eigenvalue weighted by molar-refractivity contribution is 5.78. The SMILES string of the molecule is NC(=NCCc1nnc2ccccn12)N1CCCCCC1. The summed E-state index contributed by atoms with van der Waals surface area (Å²) in [4.78, 5) is 6.71. The van der Waals surface area contributed by atoms with Crippen LogP contribution < -0.4 is 5.73 Å². The Hall–Kier alpha value is -2.11. The van der Waals surface area contributed by atoms with Gasteiger partial charge in [0.05, 0.1) is 0 Å². The normalized spacial score (nSPS) is 17.1. The number of nitrogens with zero attached hydrogens (tertiary/aromatic N) is 5. The molecular weight excluding hydrogens is 264 g/mol. The average Bonchev–Trinajstić information content (AvgIpc) is 2.74. The van der Waals surface area contributed by atoms with Crippen molar-refractivity contribution in [3.8, 4) is 0 Å². The zero-order valence-electron chi connectivity index (χ0n) is 12.3. The smallest absolute Gasteiger partial charge is 0.191 e. The van der Waals surface area contributed by atoms with Gasteiger partial charge in [0.2, 0.25) is 0 Å². The summed E-state index contributed by atoms with van der Waals surface area (Å²) in [6.45, 7) is 2.71. The number of hydrogen-bond donors (Lipinski definition) is 1. The molecular formula is C15H22N6. The fourth-order valence-electron chi connectivity index (χ4n) is 2.73. The van der Waals surface area contributed by atoms with Crippen molar-refractivity contribution in [3.63, 3.8) is 0 Å². The molecule has 1 saturated heterocycles. The zero-order valence-corrected chi connectivity index (χ0v) is 12.3. The number of likely N-dealkylation sites (tertiary alicyclic amines) is 1. The van der Waals surface area contributed by atoms with Gasteiger partial charge in [-0.1, -0.05) is 18.9 Å². The van der Waals surface area contributed by atoms with Gasteiger partial charge < -0.3 is 10.6 Å². The van der Waals surface area contributed by atoms with Gasteiger partial charge in [-0.05, 0) is 25.0 Å². The highest BCUT2D eigenvalue weighted by Gasteiger charge is 2.11. The van der Waals surface area contributed by atoms with E-state index in [4.69, 9.17) is 5.73 Å². The summed E-state index contributed by atoms with van der Waals surface area (Å²) >= 11 is 0. The summed E-state index contributed by atoms with van der Waals surface area (Å²) in [7, 11) is 0. The molecule has 0 aliphatic carbocycles. The maximum Gasteiger partial charge on any atom is 0.191 e. The van der Waals surface area contributed by atoms with Crippen molar-refractivity contribution in [1.29, 1.82) is 0 Å². The third-order valence-corrected chi connectivity index (χ3v) is 3.92. The van der Waals surface area contributed by atoms with Gasteiger partial charge >= 0.3 is 0 Å². The fourth-order valence-corrected chi connectivity index (χ4v) is 2.73. The minimum absolute atomic E-state index is 0.651. The third kappa shape index (κ3) is 3.32. The van der Waals surface area contributed by atoms with Gasteiger partial charge in [0.25, 0.3) is 0 Å². The number of nitrogens with two attached hydrogens (primary N) is 1. The lowest BCUT2D eigenvalue weighted by molar-refractivity contribution is 0.428. The molecule has 0 radical (unpaired) electrons. The van der Waals surface area contributed by atoms with Gasteiger partial charge in [0, 0.05) is 32.3 Å². The Labute approximate surface area is 124 Å². The van der Waals surface area contributed by atoms with E-state index in [1.165, 1.54) is 25.7 Å². The quantitative estimate of drug-likeness (QED) is 0.685. The molecule has 0 saturated carbocycles. The minimum Gasteiger partial charge on any atom is -0.370 e. The second kappa shape index (κ2) is 6.56. The van der Waals surface area contributed by atoms with Crippen LogP contribution in [0.25, 0.3) is 5.65 Å². The molecule has 0 bridgehead atoms. The Morgan fingerprint density at radius 2 is 1.95 bits per heavy atom. The molecule has 0 unspecified atom stereocenters. The van der Waals surface area contributed by atoms with Crippen LogP contribution in [0.2, 0.25) is 0 Å². The second-order valence-electron chi connectivity index (χ2n) is 5.44. The highest BCUT2D eigenvalue weighted by Crippen LogP contribution is 2.09. The monoisotopic (exact) mass is 286 g/mol. The van der Waals surface area contributed by atoms with E-state index in [1.54, 1.807) is 0 Å². The van der Waals surface area contributed by atoms with Gasteiger partial charge in [0.1, 0.15) is 5.82 Å². The molecule has 2 N–H and O–H groups in total. The van der Waals surface area contributed by atoms with E-state index in [9.17, 15) is 0 Å². The lowest BCUT2D eigenvalue weighted by atomic mass is 10.2. The van der Waals surface area contributed by atoms with Gasteiger partial charge in [-0.15, -0.1) is 10.2 Å². The van der Waals surface area contributed by atoms with Crippen molar-refractivity contribution >= 4 is 11.6 Å². The van der Waals surface area contributed by atoms with Crippen molar-refractivity contribution in [3.05, 3.63) is 30.2 Å². The average molecular weight is 286 g/mol. The molecule has 0 spiro atoms. The van der Waals surface area contributed by atoms with Crippen LogP contribution in [0.4, 0.5) is 0 Å². The van der Waals surface area contributed by atoms with Crippen LogP contribution in [-0.4, -0.2) is 45.1 Å². The van der Waals surface area contributed by atoms with E-state index >= 15 is 0 Å². The van der Waals surface area contributed by atoms with Crippen molar-refractivity contribution in [2.45, 2.75) is 32.1 Å². The number of fused-ring (bicyclic) bond motifs is 1. The molecule has 21 heavy (non-hydrogen) atoms. The Kier molecular flexibility index (Phi) is 4.33. The van der Waals surface area contributed by atoms with Crippen LogP contribution in [0, 0.1) is 0 Å². The zero-order chi connectivity index (χ0) is 14.5. The van der Waals surface area contributed by atoms with E-state index in [0.29, 0.717) is 12.5 Å². The molecule has 6 heteroatoms. The molecule has 2 aromatic rings. The summed E-state index contributed by atoms with van der Waals surface area (Å²) in [5.74, 6) is 1.60. The molecule has 1 aliphatic heterocycles. The first-order chi connectivity index (χ1) is 10.3. The predicted octanol–water partition coefficient (Wildman–Crippen LogP) is 1.46. The standard InChI is InChI=1S/C15H22N6/c16-15(20-10-4-1-2-5-11-20)17-9-8-14-19-18-13-7-3-6-12-21(13)14/h3,6-7,12H,1-2,4-5,8-11H2,(H2,16,17). The van der Waals surface area contributed by atoms with E-state index in [2.05, 4.69) is 20.1 Å². The van der Waals surface area contributed by atoms with Crippen LogP contribution >= 0.6 is 0 Å². The largest absolute Gasteiger partial charge is 0.370 e. The van der Waals surface area contributed by atoms with Crippen molar-refractivity contribution < 1.29 is 0 Å². The summed E-state index contributed by atoms with van der Waals surface area (Å²) < 4.78 is 2.00. The Morgan fingerprint density at radius 3 is 2.76 bits per heavy atom. The Bertz CT molecular complexity index is 609. The van der Waals surface area contributed by atoms with Crippen LogP contribution in [0.3, 0.4) is 0 Å². The van der Waals surface area contributed by atoms with Crippen molar-refractivity contribution in [2.75, 3.05) is 19.6 Å². The van der Waals surface area contributed by atoms with E-state index in [0.717, 1.165) is 31.0 Å². The third-order valence-electron chi connectivity index (χ3n) is 3.92. The fraction of sp³-hybridized carbons (Fsp3) is 0.533. The molecule has 1 aliphatic rings. The lowest BCUT2D eigenvalue weighted by Crippen LogP contribution is -2.38. The van der Waals surface area contributed by atoms with E-state index in [1.807, 2.05) is 28.8 Å². The molecule has 1 fully saturated rings. The molecule has 0 amide bonds. The molecule has 2 aromatic heterocycles. The molecule has 3 rings (SSSR count). The topological polar surface area (TPSA) is 71.8 Å². The molecule has 0 aromatic carbocycles. The number of rotatable bonds is 3. The van der Waals surface area contributed by atoms with Gasteiger partial charge in [-0.3, -0.25) is 9.39 Å². The molecule has 6 nitrogen and oxygen atoms in total. The number of pyridine rings is 1. The van der Waals surface area contributed by atoms with Gasteiger partial charge in [-0.2, -0.15) is 0 Å². The first-order valence-electron chi connectivity index (χ1n) is 7.68. The van der Waals surface area contributed by atoms with E-state index < -0.39 is 0 Å². The molecule has 112 valence electrons. The summed E-state index contributed by atoms with van der Waals surface area (Å²) in [5, 5.41) is 8.35. The van der Waals surface area contributed by atoms with Crippen LogP contribution in [0.1, 0.15) is 31.5 Å². The number of aliphatic imine (C=N–C) groups is 1. The predicted molar refractivity (Wildman–Crippen MR) is 83.2 cm³/mol. The second-order valence-corrected chi connectivity index (χ2v) is 5.44. The maximum absolute atomic E-state index is 6.10. The van der Waals surface area contributed by atoms with Crippen molar-refractivity contribution in [1.82, 2.24) is 19.5 Å². The van der Waals surface area contributed by atoms with Gasteiger partial charge in [0.15, 0.2) is 11.6 Å². The lowest BCUT2D eigenvalue weighted by Gasteiger charge is -2.20. The molecule has 0 atom stereocenters. The minimum atomic E-state index is 0.651. The summed E-state index contributed by atoms with van der Waals surface area (Å²) in [5.41, 5.74) is 6.98. The van der Waals surface area contributed by atoms with Crippen LogP contribution in [0.5, 0.6) is 0 Å². The number of hydrogen-bond acceptors (Lipinski definition) is 3. The van der Waals surface area contributed by atoms with Crippen LogP contribution in [0.15, 0.2) is 29.4 Å². The van der Waals surface area contributed by atoms with Crippen molar-refractivity contribution in [2.24, 2.45) is 10.7 Å².